The summed E-state index contributed by atoms with van der Waals surface area (Å²) in [6.07, 6.45) is 3.30. The van der Waals surface area contributed by atoms with E-state index in [1.54, 1.807) is 6.07 Å². The Bertz CT molecular complexity index is 808. The average molecular weight is 309 g/mol. The van der Waals surface area contributed by atoms with E-state index in [0.29, 0.717) is 23.4 Å². The quantitative estimate of drug-likeness (QED) is 0.933. The lowest BCUT2D eigenvalue weighted by Gasteiger charge is -2.10. The molecule has 7 heteroatoms. The predicted molar refractivity (Wildman–Crippen MR) is 74.8 cm³/mol. The van der Waals surface area contributed by atoms with Crippen molar-refractivity contribution in [3.63, 3.8) is 0 Å². The molecule has 1 N–H and O–H groups in total. The van der Waals surface area contributed by atoms with E-state index < -0.39 is 21.7 Å². The molecule has 1 saturated carbocycles. The first-order chi connectivity index (χ1) is 9.86. The highest BCUT2D eigenvalue weighted by atomic mass is 32.2. The van der Waals surface area contributed by atoms with Gasteiger partial charge in [-0.2, -0.15) is 0 Å². The fourth-order valence-electron chi connectivity index (χ4n) is 2.87. The monoisotopic (exact) mass is 309 g/mol. The van der Waals surface area contributed by atoms with Gasteiger partial charge in [0.25, 0.3) is 0 Å². The van der Waals surface area contributed by atoms with Crippen LogP contribution in [0.4, 0.5) is 0 Å². The van der Waals surface area contributed by atoms with Crippen LogP contribution in [0.1, 0.15) is 31.1 Å². The summed E-state index contributed by atoms with van der Waals surface area (Å²) >= 11 is 0. The Labute approximate surface area is 121 Å². The summed E-state index contributed by atoms with van der Waals surface area (Å²) in [5.41, 5.74) is 0.928. The van der Waals surface area contributed by atoms with Gasteiger partial charge in [-0.15, -0.1) is 0 Å². The molecule has 21 heavy (non-hydrogen) atoms. The van der Waals surface area contributed by atoms with E-state index in [1.807, 2.05) is 0 Å². The maximum atomic E-state index is 11.5. The van der Waals surface area contributed by atoms with Gasteiger partial charge >= 0.3 is 5.97 Å². The minimum absolute atomic E-state index is 0.177. The summed E-state index contributed by atoms with van der Waals surface area (Å²) < 4.78 is 28.7. The second-order valence-electron chi connectivity index (χ2n) is 5.44. The van der Waals surface area contributed by atoms with Crippen molar-refractivity contribution in [2.45, 2.75) is 30.1 Å². The maximum Gasteiger partial charge on any atom is 0.307 e. The molecule has 2 aromatic rings. The van der Waals surface area contributed by atoms with Crippen molar-refractivity contribution in [2.24, 2.45) is 5.92 Å². The van der Waals surface area contributed by atoms with Crippen molar-refractivity contribution in [1.29, 1.82) is 0 Å². The molecule has 0 amide bonds. The lowest BCUT2D eigenvalue weighted by molar-refractivity contribution is -0.142. The number of hydrogen-bond acceptors (Lipinski definition) is 5. The number of hydrogen-bond donors (Lipinski definition) is 1. The third-order valence-corrected chi connectivity index (χ3v) is 5.06. The first-order valence-electron chi connectivity index (χ1n) is 6.69. The Balaban J connectivity index is 2.03. The molecule has 0 bridgehead atoms. The van der Waals surface area contributed by atoms with E-state index in [1.165, 1.54) is 12.1 Å². The van der Waals surface area contributed by atoms with Gasteiger partial charge in [0.05, 0.1) is 10.8 Å². The molecule has 0 saturated heterocycles. The summed E-state index contributed by atoms with van der Waals surface area (Å²) in [7, 11) is -3.30. The molecule has 2 unspecified atom stereocenters. The van der Waals surface area contributed by atoms with Crippen LogP contribution in [0.15, 0.2) is 27.5 Å². The Kier molecular flexibility index (Phi) is 3.24. The number of sulfone groups is 1. The van der Waals surface area contributed by atoms with Gasteiger partial charge in [0.15, 0.2) is 21.3 Å². The standard InChI is InChI=1S/C14H15NO5S/c1-21(18,19)8-5-6-12-11(7-8)15-13(20-12)9-3-2-4-10(9)14(16)17/h5-7,9-10H,2-4H2,1H3,(H,16,17). The van der Waals surface area contributed by atoms with Crippen LogP contribution in [0.2, 0.25) is 0 Å². The summed E-state index contributed by atoms with van der Waals surface area (Å²) in [5, 5.41) is 9.22. The first kappa shape index (κ1) is 14.1. The van der Waals surface area contributed by atoms with Crippen LogP contribution in [0.3, 0.4) is 0 Å². The summed E-state index contributed by atoms with van der Waals surface area (Å²) in [5.74, 6) is -1.17. The molecule has 0 spiro atoms. The maximum absolute atomic E-state index is 11.5. The molecular weight excluding hydrogens is 294 g/mol. The van der Waals surface area contributed by atoms with E-state index in [4.69, 9.17) is 4.42 Å². The van der Waals surface area contributed by atoms with Gasteiger partial charge in [0.2, 0.25) is 0 Å². The van der Waals surface area contributed by atoms with Crippen LogP contribution in [0.5, 0.6) is 0 Å². The van der Waals surface area contributed by atoms with Crippen LogP contribution in [-0.4, -0.2) is 30.7 Å². The van der Waals surface area contributed by atoms with Crippen molar-refractivity contribution in [3.05, 3.63) is 24.1 Å². The van der Waals surface area contributed by atoms with Crippen LogP contribution >= 0.6 is 0 Å². The first-order valence-corrected chi connectivity index (χ1v) is 8.59. The molecular formula is C14H15NO5S. The largest absolute Gasteiger partial charge is 0.481 e. The number of rotatable bonds is 3. The van der Waals surface area contributed by atoms with E-state index in [0.717, 1.165) is 19.1 Å². The minimum Gasteiger partial charge on any atom is -0.481 e. The number of carbonyl (C=O) groups is 1. The zero-order valence-corrected chi connectivity index (χ0v) is 12.3. The van der Waals surface area contributed by atoms with Crippen LogP contribution in [0, 0.1) is 5.92 Å². The molecule has 0 aliphatic heterocycles. The lowest BCUT2D eigenvalue weighted by atomic mass is 9.96. The Morgan fingerprint density at radius 2 is 2.14 bits per heavy atom. The second kappa shape index (κ2) is 4.84. The Morgan fingerprint density at radius 3 is 2.81 bits per heavy atom. The number of oxazole rings is 1. The van der Waals surface area contributed by atoms with Gasteiger partial charge < -0.3 is 9.52 Å². The number of carboxylic acid groups (broad SMARTS) is 1. The topological polar surface area (TPSA) is 97.5 Å². The molecule has 1 heterocycles. The average Bonchev–Trinajstić information content (AvgIpc) is 3.02. The molecule has 1 fully saturated rings. The van der Waals surface area contributed by atoms with Gasteiger partial charge in [0.1, 0.15) is 5.52 Å². The summed E-state index contributed by atoms with van der Waals surface area (Å²) in [6.45, 7) is 0. The van der Waals surface area contributed by atoms with Crippen molar-refractivity contribution < 1.29 is 22.7 Å². The molecule has 1 aromatic heterocycles. The fourth-order valence-corrected chi connectivity index (χ4v) is 3.51. The van der Waals surface area contributed by atoms with Gasteiger partial charge in [-0.1, -0.05) is 6.42 Å². The molecule has 6 nitrogen and oxygen atoms in total. The third-order valence-electron chi connectivity index (χ3n) is 3.95. The predicted octanol–water partition coefficient (Wildman–Crippen LogP) is 2.20. The number of aliphatic carboxylic acids is 1. The van der Waals surface area contributed by atoms with Gasteiger partial charge in [0, 0.05) is 12.2 Å². The number of benzene rings is 1. The van der Waals surface area contributed by atoms with Crippen molar-refractivity contribution in [1.82, 2.24) is 4.98 Å². The third kappa shape index (κ3) is 2.53. The van der Waals surface area contributed by atoms with Crippen LogP contribution < -0.4 is 0 Å². The van der Waals surface area contributed by atoms with Crippen LogP contribution in [0.25, 0.3) is 11.1 Å². The highest BCUT2D eigenvalue weighted by molar-refractivity contribution is 7.90. The normalized spacial score (nSPS) is 22.7. The number of nitrogens with zero attached hydrogens (tertiary/aromatic N) is 1. The molecule has 112 valence electrons. The molecule has 3 rings (SSSR count). The molecule has 1 aliphatic carbocycles. The summed E-state index contributed by atoms with van der Waals surface area (Å²) in [4.78, 5) is 15.7. The second-order valence-corrected chi connectivity index (χ2v) is 7.45. The highest BCUT2D eigenvalue weighted by Crippen LogP contribution is 2.40. The molecule has 0 radical (unpaired) electrons. The summed E-state index contributed by atoms with van der Waals surface area (Å²) in [6, 6.07) is 4.49. The number of fused-ring (bicyclic) bond motifs is 1. The van der Waals surface area contributed by atoms with Gasteiger partial charge in [-0.25, -0.2) is 13.4 Å². The Morgan fingerprint density at radius 1 is 1.38 bits per heavy atom. The van der Waals surface area contributed by atoms with Gasteiger partial charge in [-0.05, 0) is 31.0 Å². The molecule has 1 aliphatic rings. The van der Waals surface area contributed by atoms with E-state index in [2.05, 4.69) is 4.98 Å². The zero-order chi connectivity index (χ0) is 15.2. The number of aromatic nitrogens is 1. The van der Waals surface area contributed by atoms with Crippen molar-refractivity contribution >= 4 is 26.9 Å². The molecule has 1 aromatic carbocycles. The van der Waals surface area contributed by atoms with Crippen molar-refractivity contribution in [3.8, 4) is 0 Å². The minimum atomic E-state index is -3.30. The van der Waals surface area contributed by atoms with Gasteiger partial charge in [-0.3, -0.25) is 4.79 Å². The van der Waals surface area contributed by atoms with E-state index >= 15 is 0 Å². The smallest absolute Gasteiger partial charge is 0.307 e. The zero-order valence-electron chi connectivity index (χ0n) is 11.4. The Hall–Kier alpha value is -1.89. The lowest BCUT2D eigenvalue weighted by Crippen LogP contribution is -2.16. The SMILES string of the molecule is CS(=O)(=O)c1ccc2oc(C3CCCC3C(=O)O)nc2c1. The van der Waals surface area contributed by atoms with Crippen molar-refractivity contribution in [2.75, 3.05) is 6.26 Å². The highest BCUT2D eigenvalue weighted by Gasteiger charge is 2.37. The van der Waals surface area contributed by atoms with Crippen LogP contribution in [-0.2, 0) is 14.6 Å². The van der Waals surface area contributed by atoms with E-state index in [-0.39, 0.29) is 10.8 Å². The molecule has 2 atom stereocenters. The fraction of sp³-hybridized carbons (Fsp3) is 0.429. The van der Waals surface area contributed by atoms with E-state index in [9.17, 15) is 18.3 Å². The number of carboxylic acids is 1.